The maximum absolute atomic E-state index is 11.7. The van der Waals surface area contributed by atoms with Gasteiger partial charge in [-0.2, -0.15) is 0 Å². The average Bonchev–Trinajstić information content (AvgIpc) is 3.19. The highest BCUT2D eigenvalue weighted by Crippen LogP contribution is 2.23. The molecule has 0 atom stereocenters. The van der Waals surface area contributed by atoms with Crippen LogP contribution in [0.2, 0.25) is 25.7 Å². The molecule has 3 aromatic rings. The zero-order chi connectivity index (χ0) is 18.0. The fourth-order valence-corrected chi connectivity index (χ4v) is 3.31. The van der Waals surface area contributed by atoms with Crippen molar-refractivity contribution in [2.75, 3.05) is 6.61 Å². The summed E-state index contributed by atoms with van der Waals surface area (Å²) in [4.78, 5) is 20.1. The lowest BCUT2D eigenvalue weighted by Gasteiger charge is -2.16. The van der Waals surface area contributed by atoms with Gasteiger partial charge in [0.15, 0.2) is 0 Å². The van der Waals surface area contributed by atoms with Gasteiger partial charge in [-0.25, -0.2) is 14.8 Å². The van der Waals surface area contributed by atoms with Crippen molar-refractivity contribution >= 4 is 25.1 Å². The summed E-state index contributed by atoms with van der Waals surface area (Å²) in [5.74, 6) is -0.990. The molecule has 0 radical (unpaired) electrons. The van der Waals surface area contributed by atoms with E-state index >= 15 is 0 Å². The third-order valence-electron chi connectivity index (χ3n) is 3.96. The predicted octanol–water partition coefficient (Wildman–Crippen LogP) is 3.23. The molecule has 0 fully saturated rings. The average molecular weight is 358 g/mol. The van der Waals surface area contributed by atoms with Crippen LogP contribution >= 0.6 is 0 Å². The largest absolute Gasteiger partial charge is 0.478 e. The van der Waals surface area contributed by atoms with E-state index in [0.29, 0.717) is 30.1 Å². The molecule has 0 spiro atoms. The summed E-state index contributed by atoms with van der Waals surface area (Å²) < 4.78 is 9.26. The molecule has 0 saturated carbocycles. The molecule has 0 amide bonds. The van der Waals surface area contributed by atoms with Gasteiger partial charge in [-0.05, 0) is 18.2 Å². The number of carbonyl (C=O) groups is 1. The van der Waals surface area contributed by atoms with Crippen LogP contribution in [0.5, 0.6) is 0 Å². The molecule has 2 heterocycles. The van der Waals surface area contributed by atoms with Crippen molar-refractivity contribution in [1.29, 1.82) is 0 Å². The number of hydrogen-bond donors (Lipinski definition) is 1. The number of hydrogen-bond acceptors (Lipinski definition) is 4. The summed E-state index contributed by atoms with van der Waals surface area (Å²) in [6.07, 6.45) is 6.67. The van der Waals surface area contributed by atoms with Crippen molar-refractivity contribution in [3.63, 3.8) is 0 Å². The highest BCUT2D eigenvalue weighted by molar-refractivity contribution is 6.76. The molecule has 132 valence electrons. The zero-order valence-corrected chi connectivity index (χ0v) is 15.6. The Balaban J connectivity index is 1.90. The molecule has 1 aromatic carbocycles. The van der Waals surface area contributed by atoms with E-state index in [9.17, 15) is 9.90 Å². The molecule has 0 aliphatic rings. The Morgan fingerprint density at radius 1 is 1.28 bits per heavy atom. The number of imidazole rings is 2. The number of fused-ring (bicyclic) bond motifs is 1. The third kappa shape index (κ3) is 3.97. The van der Waals surface area contributed by atoms with Crippen LogP contribution in [0, 0.1) is 0 Å². The van der Waals surface area contributed by atoms with Crippen molar-refractivity contribution in [2.45, 2.75) is 32.4 Å². The molecular weight excluding hydrogens is 336 g/mol. The van der Waals surface area contributed by atoms with Gasteiger partial charge in [0.2, 0.25) is 0 Å². The van der Waals surface area contributed by atoms with E-state index in [1.165, 1.54) is 0 Å². The van der Waals surface area contributed by atoms with E-state index in [0.717, 1.165) is 6.04 Å². The number of rotatable bonds is 7. The second-order valence-electron chi connectivity index (χ2n) is 7.20. The Morgan fingerprint density at radius 2 is 2.08 bits per heavy atom. The smallest absolute Gasteiger partial charge is 0.337 e. The van der Waals surface area contributed by atoms with Gasteiger partial charge in [-0.1, -0.05) is 19.6 Å². The van der Waals surface area contributed by atoms with Crippen LogP contribution in [0.1, 0.15) is 10.4 Å². The van der Waals surface area contributed by atoms with Gasteiger partial charge in [0.05, 0.1) is 29.3 Å². The highest BCUT2D eigenvalue weighted by atomic mass is 28.3. The van der Waals surface area contributed by atoms with Crippen molar-refractivity contribution in [3.8, 4) is 5.69 Å². The molecule has 7 nitrogen and oxygen atoms in total. The van der Waals surface area contributed by atoms with Crippen LogP contribution in [0.25, 0.3) is 16.7 Å². The lowest BCUT2D eigenvalue weighted by molar-refractivity contribution is 0.0696. The molecule has 0 saturated heterocycles. The lowest BCUT2D eigenvalue weighted by atomic mass is 10.1. The molecule has 0 aliphatic heterocycles. The summed E-state index contributed by atoms with van der Waals surface area (Å²) in [5.41, 5.74) is 2.11. The SMILES string of the molecule is C[Si](C)(C)CCOCn1cnc2cc(-n3ccnc3)cc(C(=O)O)c21. The first-order chi connectivity index (χ1) is 11.8. The van der Waals surface area contributed by atoms with Crippen molar-refractivity contribution < 1.29 is 14.6 Å². The van der Waals surface area contributed by atoms with Crippen LogP contribution in [0.3, 0.4) is 0 Å². The van der Waals surface area contributed by atoms with Gasteiger partial charge in [0.1, 0.15) is 6.73 Å². The van der Waals surface area contributed by atoms with Crippen molar-refractivity contribution in [2.24, 2.45) is 0 Å². The summed E-state index contributed by atoms with van der Waals surface area (Å²) in [5, 5.41) is 9.62. The van der Waals surface area contributed by atoms with E-state index in [1.54, 1.807) is 40.2 Å². The fourth-order valence-electron chi connectivity index (χ4n) is 2.56. The minimum absolute atomic E-state index is 0.201. The Kier molecular flexibility index (Phi) is 4.73. The van der Waals surface area contributed by atoms with E-state index in [1.807, 2.05) is 6.07 Å². The minimum Gasteiger partial charge on any atom is -0.478 e. The van der Waals surface area contributed by atoms with E-state index in [4.69, 9.17) is 4.74 Å². The number of carboxylic acids is 1. The Hall–Kier alpha value is -2.45. The number of benzene rings is 1. The summed E-state index contributed by atoms with van der Waals surface area (Å²) in [7, 11) is -1.15. The molecular formula is C17H22N4O3Si. The quantitative estimate of drug-likeness (QED) is 0.518. The number of nitrogens with zero attached hydrogens (tertiary/aromatic N) is 4. The van der Waals surface area contributed by atoms with Crippen LogP contribution in [0.15, 0.2) is 37.2 Å². The predicted molar refractivity (Wildman–Crippen MR) is 97.9 cm³/mol. The molecule has 8 heteroatoms. The summed E-state index contributed by atoms with van der Waals surface area (Å²) in [6, 6.07) is 4.55. The topological polar surface area (TPSA) is 82.2 Å². The third-order valence-corrected chi connectivity index (χ3v) is 5.66. The maximum atomic E-state index is 11.7. The molecule has 0 unspecified atom stereocenters. The Labute approximate surface area is 146 Å². The monoisotopic (exact) mass is 358 g/mol. The number of aromatic carboxylic acids is 1. The van der Waals surface area contributed by atoms with Crippen molar-refractivity contribution in [1.82, 2.24) is 19.1 Å². The standard InChI is InChI=1S/C17H22N4O3Si/c1-25(2,3)7-6-24-12-21-11-19-15-9-13(20-5-4-18-10-20)8-14(16(15)21)17(22)23/h4-5,8-11H,6-7,12H2,1-3H3,(H,22,23). The zero-order valence-electron chi connectivity index (χ0n) is 14.6. The van der Waals surface area contributed by atoms with Gasteiger partial charge >= 0.3 is 5.97 Å². The Morgan fingerprint density at radius 3 is 2.72 bits per heavy atom. The molecule has 0 bridgehead atoms. The van der Waals surface area contributed by atoms with Crippen LogP contribution in [-0.2, 0) is 11.5 Å². The first-order valence-corrected chi connectivity index (χ1v) is 11.8. The first-order valence-electron chi connectivity index (χ1n) is 8.13. The first kappa shape index (κ1) is 17.4. The number of ether oxygens (including phenoxy) is 1. The molecule has 1 N–H and O–H groups in total. The van der Waals surface area contributed by atoms with Gasteiger partial charge < -0.3 is 19.0 Å². The summed E-state index contributed by atoms with van der Waals surface area (Å²) in [6.45, 7) is 7.85. The minimum atomic E-state index is -1.15. The van der Waals surface area contributed by atoms with Gasteiger partial charge in [0, 0.05) is 32.8 Å². The van der Waals surface area contributed by atoms with E-state index < -0.39 is 14.0 Å². The second-order valence-corrected chi connectivity index (χ2v) is 12.8. The van der Waals surface area contributed by atoms with Gasteiger partial charge in [-0.15, -0.1) is 0 Å². The second kappa shape index (κ2) is 6.81. The normalized spacial score (nSPS) is 12.0. The van der Waals surface area contributed by atoms with E-state index in [2.05, 4.69) is 29.6 Å². The van der Waals surface area contributed by atoms with Gasteiger partial charge in [-0.3, -0.25) is 0 Å². The number of aromatic nitrogens is 4. The van der Waals surface area contributed by atoms with Crippen LogP contribution < -0.4 is 0 Å². The fraction of sp³-hybridized carbons (Fsp3) is 0.353. The lowest BCUT2D eigenvalue weighted by Crippen LogP contribution is -2.22. The van der Waals surface area contributed by atoms with E-state index in [-0.39, 0.29) is 5.56 Å². The number of carboxylic acid groups (broad SMARTS) is 1. The molecule has 2 aromatic heterocycles. The van der Waals surface area contributed by atoms with Crippen LogP contribution in [0.4, 0.5) is 0 Å². The highest BCUT2D eigenvalue weighted by Gasteiger charge is 2.17. The molecule has 3 rings (SSSR count). The van der Waals surface area contributed by atoms with Crippen molar-refractivity contribution in [3.05, 3.63) is 42.7 Å². The Bertz CT molecular complexity index is 881. The molecule has 25 heavy (non-hydrogen) atoms. The van der Waals surface area contributed by atoms with Crippen LogP contribution in [-0.4, -0.2) is 44.9 Å². The molecule has 0 aliphatic carbocycles. The van der Waals surface area contributed by atoms with Gasteiger partial charge in [0.25, 0.3) is 0 Å². The summed E-state index contributed by atoms with van der Waals surface area (Å²) >= 11 is 0. The maximum Gasteiger partial charge on any atom is 0.337 e.